The third-order valence-electron chi connectivity index (χ3n) is 2.44. The molecule has 0 amide bonds. The van der Waals surface area contributed by atoms with Crippen LogP contribution >= 0.6 is 0 Å². The molecule has 3 atom stereocenters. The van der Waals surface area contributed by atoms with E-state index >= 15 is 0 Å². The molecule has 13 heavy (non-hydrogen) atoms. The van der Waals surface area contributed by atoms with Crippen LogP contribution in [0.3, 0.4) is 0 Å². The Bertz CT molecular complexity index is 150. The fraction of sp³-hybridized carbons (Fsp3) is 1.00. The van der Waals surface area contributed by atoms with Crippen molar-refractivity contribution in [3.63, 3.8) is 0 Å². The van der Waals surface area contributed by atoms with Gasteiger partial charge in [-0.05, 0) is 19.8 Å². The molecular formula is C10H23NOS. The first-order valence-electron chi connectivity index (χ1n) is 5.26. The Balaban J connectivity index is 3.69. The second-order valence-electron chi connectivity index (χ2n) is 3.57. The predicted molar refractivity (Wildman–Crippen MR) is 60.3 cm³/mol. The molecule has 0 heterocycles. The monoisotopic (exact) mass is 205 g/mol. The Morgan fingerprint density at radius 3 is 2.38 bits per heavy atom. The molecule has 0 bridgehead atoms. The van der Waals surface area contributed by atoms with Gasteiger partial charge in [-0.1, -0.05) is 26.7 Å². The van der Waals surface area contributed by atoms with Crippen molar-refractivity contribution in [2.75, 3.05) is 5.75 Å². The van der Waals surface area contributed by atoms with Crippen LogP contribution in [0.15, 0.2) is 0 Å². The van der Waals surface area contributed by atoms with Gasteiger partial charge in [-0.2, -0.15) is 0 Å². The van der Waals surface area contributed by atoms with Gasteiger partial charge in [-0.3, -0.25) is 4.21 Å². The number of nitrogens with two attached hydrogens (primary N) is 1. The Kier molecular flexibility index (Phi) is 7.57. The standard InChI is InChI=1S/C10H23NOS/c1-4-6-7-8-13(12)9(3)10(11)5-2/h9-10H,4-8,11H2,1-3H3. The van der Waals surface area contributed by atoms with E-state index in [9.17, 15) is 4.21 Å². The average Bonchev–Trinajstić information content (AvgIpc) is 2.15. The zero-order chi connectivity index (χ0) is 10.3. The minimum atomic E-state index is -0.721. The van der Waals surface area contributed by atoms with Crippen molar-refractivity contribution in [2.24, 2.45) is 5.73 Å². The average molecular weight is 205 g/mol. The summed E-state index contributed by atoms with van der Waals surface area (Å²) in [6.07, 6.45) is 4.36. The number of rotatable bonds is 7. The molecule has 0 radical (unpaired) electrons. The van der Waals surface area contributed by atoms with Gasteiger partial charge in [0.1, 0.15) is 0 Å². The van der Waals surface area contributed by atoms with E-state index in [4.69, 9.17) is 5.73 Å². The summed E-state index contributed by atoms with van der Waals surface area (Å²) < 4.78 is 11.6. The Morgan fingerprint density at radius 1 is 1.31 bits per heavy atom. The lowest BCUT2D eigenvalue weighted by molar-refractivity contribution is 0.607. The molecule has 0 aliphatic carbocycles. The van der Waals surface area contributed by atoms with Gasteiger partial charge >= 0.3 is 0 Å². The van der Waals surface area contributed by atoms with E-state index in [-0.39, 0.29) is 11.3 Å². The zero-order valence-corrected chi connectivity index (χ0v) is 9.90. The van der Waals surface area contributed by atoms with E-state index in [0.717, 1.165) is 18.6 Å². The molecule has 0 spiro atoms. The molecule has 0 saturated heterocycles. The van der Waals surface area contributed by atoms with Gasteiger partial charge in [0.25, 0.3) is 0 Å². The van der Waals surface area contributed by atoms with Gasteiger partial charge in [-0.25, -0.2) is 0 Å². The molecule has 0 aromatic heterocycles. The molecule has 3 unspecified atom stereocenters. The third-order valence-corrected chi connectivity index (χ3v) is 4.31. The number of hydrogen-bond acceptors (Lipinski definition) is 2. The summed E-state index contributed by atoms with van der Waals surface area (Å²) in [5.74, 6) is 0.822. The Labute approximate surface area is 84.7 Å². The van der Waals surface area contributed by atoms with Gasteiger partial charge in [0.15, 0.2) is 0 Å². The van der Waals surface area contributed by atoms with Crippen molar-refractivity contribution >= 4 is 10.8 Å². The van der Waals surface area contributed by atoms with Crippen LogP contribution in [0.4, 0.5) is 0 Å². The number of unbranched alkanes of at least 4 members (excludes halogenated alkanes) is 2. The van der Waals surface area contributed by atoms with Gasteiger partial charge in [0.05, 0.1) is 0 Å². The highest BCUT2D eigenvalue weighted by Gasteiger charge is 2.16. The van der Waals surface area contributed by atoms with E-state index in [1.807, 2.05) is 13.8 Å². The van der Waals surface area contributed by atoms with Crippen molar-refractivity contribution in [3.8, 4) is 0 Å². The van der Waals surface area contributed by atoms with Gasteiger partial charge < -0.3 is 5.73 Å². The second-order valence-corrected chi connectivity index (χ2v) is 5.48. The number of hydrogen-bond donors (Lipinski definition) is 1. The van der Waals surface area contributed by atoms with E-state index in [0.29, 0.717) is 0 Å². The van der Waals surface area contributed by atoms with Crippen LogP contribution in [0.25, 0.3) is 0 Å². The fourth-order valence-corrected chi connectivity index (χ4v) is 2.65. The predicted octanol–water partition coefficient (Wildman–Crippen LogP) is 2.05. The molecule has 80 valence electrons. The van der Waals surface area contributed by atoms with Crippen LogP contribution in [0.5, 0.6) is 0 Å². The summed E-state index contributed by atoms with van der Waals surface area (Å²) in [6, 6.07) is 0.0995. The topological polar surface area (TPSA) is 43.1 Å². The first-order valence-corrected chi connectivity index (χ1v) is 6.64. The third kappa shape index (κ3) is 5.42. The Hall–Kier alpha value is 0.110. The summed E-state index contributed by atoms with van der Waals surface area (Å²) >= 11 is 0. The summed E-state index contributed by atoms with van der Waals surface area (Å²) in [7, 11) is -0.721. The molecule has 0 aliphatic rings. The van der Waals surface area contributed by atoms with E-state index < -0.39 is 10.8 Å². The summed E-state index contributed by atoms with van der Waals surface area (Å²) in [6.45, 7) is 6.20. The van der Waals surface area contributed by atoms with Crippen molar-refractivity contribution in [2.45, 2.75) is 57.7 Å². The zero-order valence-electron chi connectivity index (χ0n) is 9.08. The molecule has 0 rings (SSSR count). The molecular weight excluding hydrogens is 182 g/mol. The van der Waals surface area contributed by atoms with Gasteiger partial charge in [0.2, 0.25) is 0 Å². The fourth-order valence-electron chi connectivity index (χ4n) is 1.21. The molecule has 2 N–H and O–H groups in total. The quantitative estimate of drug-likeness (QED) is 0.646. The summed E-state index contributed by atoms with van der Waals surface area (Å²) in [4.78, 5) is 0. The molecule has 0 aliphatic heterocycles. The minimum Gasteiger partial charge on any atom is -0.327 e. The van der Waals surface area contributed by atoms with E-state index in [1.165, 1.54) is 12.8 Å². The maximum Gasteiger partial charge on any atom is 0.0470 e. The van der Waals surface area contributed by atoms with Crippen LogP contribution < -0.4 is 5.73 Å². The van der Waals surface area contributed by atoms with Crippen molar-refractivity contribution in [3.05, 3.63) is 0 Å². The minimum absolute atomic E-state index is 0.0995. The molecule has 0 aromatic carbocycles. The van der Waals surface area contributed by atoms with Gasteiger partial charge in [0, 0.05) is 27.8 Å². The van der Waals surface area contributed by atoms with Crippen LogP contribution in [0, 0.1) is 0 Å². The molecule has 0 aromatic rings. The van der Waals surface area contributed by atoms with Crippen LogP contribution in [0.2, 0.25) is 0 Å². The molecule has 0 fully saturated rings. The molecule has 0 saturated carbocycles. The summed E-state index contributed by atoms with van der Waals surface area (Å²) in [5.41, 5.74) is 5.83. The maximum atomic E-state index is 11.6. The van der Waals surface area contributed by atoms with Crippen LogP contribution in [0.1, 0.15) is 46.5 Å². The lowest BCUT2D eigenvalue weighted by Gasteiger charge is -2.17. The lowest BCUT2D eigenvalue weighted by atomic mass is 10.2. The highest BCUT2D eigenvalue weighted by molar-refractivity contribution is 7.85. The van der Waals surface area contributed by atoms with Crippen LogP contribution in [-0.2, 0) is 10.8 Å². The highest BCUT2D eigenvalue weighted by Crippen LogP contribution is 2.06. The normalized spacial score (nSPS) is 18.2. The van der Waals surface area contributed by atoms with Crippen molar-refractivity contribution < 1.29 is 4.21 Å². The SMILES string of the molecule is CCCCCS(=O)C(C)C(N)CC. The first-order chi connectivity index (χ1) is 6.13. The molecule has 2 nitrogen and oxygen atoms in total. The van der Waals surface area contributed by atoms with Crippen molar-refractivity contribution in [1.82, 2.24) is 0 Å². The van der Waals surface area contributed by atoms with Gasteiger partial charge in [-0.15, -0.1) is 0 Å². The molecule has 3 heteroatoms. The summed E-state index contributed by atoms with van der Waals surface area (Å²) in [5, 5.41) is 0.154. The maximum absolute atomic E-state index is 11.6. The van der Waals surface area contributed by atoms with E-state index in [1.54, 1.807) is 0 Å². The Morgan fingerprint density at radius 2 is 1.92 bits per heavy atom. The largest absolute Gasteiger partial charge is 0.327 e. The highest BCUT2D eigenvalue weighted by atomic mass is 32.2. The lowest BCUT2D eigenvalue weighted by Crippen LogP contribution is -2.35. The van der Waals surface area contributed by atoms with Crippen LogP contribution in [-0.4, -0.2) is 21.3 Å². The van der Waals surface area contributed by atoms with E-state index in [2.05, 4.69) is 6.92 Å². The smallest absolute Gasteiger partial charge is 0.0470 e. The van der Waals surface area contributed by atoms with Crippen molar-refractivity contribution in [1.29, 1.82) is 0 Å². The first kappa shape index (κ1) is 13.1. The second kappa shape index (κ2) is 7.51.